The van der Waals surface area contributed by atoms with Gasteiger partial charge in [0.15, 0.2) is 0 Å². The standard InChI is InChI=1S/C15H17N3OS/c1-10(15-17-7-8-20-15)18-14(19)13-4-2-3-11-9-16-6-5-12(11)13/h2-4,7-8,10,16H,5-6,9H2,1H3,(H,18,19). The average Bonchev–Trinajstić information content (AvgIpc) is 3.01. The smallest absolute Gasteiger partial charge is 0.252 e. The topological polar surface area (TPSA) is 54.0 Å². The van der Waals surface area contributed by atoms with Crippen LogP contribution in [0.4, 0.5) is 0 Å². The van der Waals surface area contributed by atoms with Crippen LogP contribution in [0.3, 0.4) is 0 Å². The van der Waals surface area contributed by atoms with E-state index >= 15 is 0 Å². The molecule has 1 aromatic heterocycles. The van der Waals surface area contributed by atoms with E-state index in [0.717, 1.165) is 30.1 Å². The molecule has 0 saturated heterocycles. The van der Waals surface area contributed by atoms with Gasteiger partial charge >= 0.3 is 0 Å². The van der Waals surface area contributed by atoms with E-state index in [0.29, 0.717) is 0 Å². The summed E-state index contributed by atoms with van der Waals surface area (Å²) in [5.74, 6) is -0.00792. The normalized spacial score (nSPS) is 15.4. The van der Waals surface area contributed by atoms with Crippen LogP contribution in [0, 0.1) is 0 Å². The molecule has 1 aliphatic rings. The van der Waals surface area contributed by atoms with Crippen molar-refractivity contribution in [2.45, 2.75) is 25.9 Å². The number of hydrogen-bond donors (Lipinski definition) is 2. The monoisotopic (exact) mass is 287 g/mol. The molecular formula is C15H17N3OS. The molecule has 2 N–H and O–H groups in total. The number of hydrogen-bond acceptors (Lipinski definition) is 4. The maximum absolute atomic E-state index is 12.5. The van der Waals surface area contributed by atoms with Gasteiger partial charge in [0, 0.05) is 23.7 Å². The lowest BCUT2D eigenvalue weighted by molar-refractivity contribution is 0.0938. The van der Waals surface area contributed by atoms with Gasteiger partial charge < -0.3 is 10.6 Å². The number of aromatic nitrogens is 1. The van der Waals surface area contributed by atoms with Gasteiger partial charge in [0.05, 0.1) is 6.04 Å². The fraction of sp³-hybridized carbons (Fsp3) is 0.333. The van der Waals surface area contributed by atoms with Gasteiger partial charge in [0.1, 0.15) is 5.01 Å². The van der Waals surface area contributed by atoms with E-state index in [4.69, 9.17) is 0 Å². The fourth-order valence-corrected chi connectivity index (χ4v) is 3.18. The first kappa shape index (κ1) is 13.3. The minimum absolute atomic E-state index is 0.00792. The number of nitrogens with one attached hydrogen (secondary N) is 2. The Morgan fingerprint density at radius 3 is 3.20 bits per heavy atom. The van der Waals surface area contributed by atoms with Crippen LogP contribution in [0.1, 0.15) is 39.5 Å². The SMILES string of the molecule is CC(NC(=O)c1cccc2c1CCNC2)c1nccs1. The fourth-order valence-electron chi connectivity index (χ4n) is 2.53. The van der Waals surface area contributed by atoms with Gasteiger partial charge in [0.2, 0.25) is 0 Å². The van der Waals surface area contributed by atoms with Crippen LogP contribution < -0.4 is 10.6 Å². The zero-order valence-corrected chi connectivity index (χ0v) is 12.2. The van der Waals surface area contributed by atoms with E-state index in [-0.39, 0.29) is 11.9 Å². The molecule has 2 aromatic rings. The molecule has 0 aliphatic carbocycles. The molecule has 0 fully saturated rings. The van der Waals surface area contributed by atoms with Gasteiger partial charge in [-0.05, 0) is 37.1 Å². The molecule has 104 valence electrons. The quantitative estimate of drug-likeness (QED) is 0.910. The van der Waals surface area contributed by atoms with E-state index in [1.165, 1.54) is 11.1 Å². The number of rotatable bonds is 3. The van der Waals surface area contributed by atoms with Crippen molar-refractivity contribution in [3.05, 3.63) is 51.5 Å². The van der Waals surface area contributed by atoms with Crippen LogP contribution in [-0.4, -0.2) is 17.4 Å². The van der Waals surface area contributed by atoms with E-state index in [9.17, 15) is 4.79 Å². The van der Waals surface area contributed by atoms with Crippen LogP contribution in [0.5, 0.6) is 0 Å². The Morgan fingerprint density at radius 2 is 2.40 bits per heavy atom. The second-order valence-electron chi connectivity index (χ2n) is 4.94. The molecule has 0 radical (unpaired) electrons. The molecule has 1 aromatic carbocycles. The minimum Gasteiger partial charge on any atom is -0.343 e. The van der Waals surface area contributed by atoms with Gasteiger partial charge in [-0.3, -0.25) is 4.79 Å². The van der Waals surface area contributed by atoms with E-state index in [1.807, 2.05) is 24.4 Å². The van der Waals surface area contributed by atoms with Crippen LogP contribution in [0.2, 0.25) is 0 Å². The van der Waals surface area contributed by atoms with Gasteiger partial charge in [0.25, 0.3) is 5.91 Å². The van der Waals surface area contributed by atoms with E-state index in [1.54, 1.807) is 17.5 Å². The zero-order valence-electron chi connectivity index (χ0n) is 11.3. The third kappa shape index (κ3) is 2.59. The lowest BCUT2D eigenvalue weighted by atomic mass is 9.95. The number of carbonyl (C=O) groups is 1. The Balaban J connectivity index is 1.81. The van der Waals surface area contributed by atoms with Crippen LogP contribution in [-0.2, 0) is 13.0 Å². The Kier molecular flexibility index (Phi) is 3.80. The van der Waals surface area contributed by atoms with Crippen molar-refractivity contribution in [3.8, 4) is 0 Å². The van der Waals surface area contributed by atoms with Crippen molar-refractivity contribution in [2.75, 3.05) is 6.54 Å². The van der Waals surface area contributed by atoms with E-state index < -0.39 is 0 Å². The molecule has 3 rings (SSSR count). The van der Waals surface area contributed by atoms with Crippen LogP contribution in [0.25, 0.3) is 0 Å². The number of benzene rings is 1. The number of carbonyl (C=O) groups excluding carboxylic acids is 1. The average molecular weight is 287 g/mol. The molecular weight excluding hydrogens is 270 g/mol. The molecule has 0 spiro atoms. The second-order valence-corrected chi connectivity index (χ2v) is 5.86. The van der Waals surface area contributed by atoms with Crippen molar-refractivity contribution >= 4 is 17.2 Å². The highest BCUT2D eigenvalue weighted by Crippen LogP contribution is 2.20. The molecule has 4 nitrogen and oxygen atoms in total. The first-order valence-corrected chi connectivity index (χ1v) is 7.65. The van der Waals surface area contributed by atoms with Gasteiger partial charge in [-0.1, -0.05) is 12.1 Å². The number of nitrogens with zero attached hydrogens (tertiary/aromatic N) is 1. The zero-order chi connectivity index (χ0) is 13.9. The summed E-state index contributed by atoms with van der Waals surface area (Å²) in [4.78, 5) is 16.7. The number of amides is 1. The molecule has 2 heterocycles. The predicted octanol–water partition coefficient (Wildman–Crippen LogP) is 2.28. The molecule has 0 bridgehead atoms. The summed E-state index contributed by atoms with van der Waals surface area (Å²) in [5.41, 5.74) is 3.20. The molecule has 1 aliphatic heterocycles. The van der Waals surface area contributed by atoms with Crippen molar-refractivity contribution in [3.63, 3.8) is 0 Å². The number of thiazole rings is 1. The van der Waals surface area contributed by atoms with Crippen molar-refractivity contribution in [1.82, 2.24) is 15.6 Å². The summed E-state index contributed by atoms with van der Waals surface area (Å²) in [5, 5.41) is 9.23. The highest BCUT2D eigenvalue weighted by Gasteiger charge is 2.19. The largest absolute Gasteiger partial charge is 0.343 e. The molecule has 1 unspecified atom stereocenters. The van der Waals surface area contributed by atoms with Crippen LogP contribution in [0.15, 0.2) is 29.8 Å². The molecule has 5 heteroatoms. The van der Waals surface area contributed by atoms with Gasteiger partial charge in [-0.15, -0.1) is 11.3 Å². The Bertz CT molecular complexity index is 610. The highest BCUT2D eigenvalue weighted by atomic mass is 32.1. The lowest BCUT2D eigenvalue weighted by Gasteiger charge is -2.20. The highest BCUT2D eigenvalue weighted by molar-refractivity contribution is 7.09. The maximum atomic E-state index is 12.5. The first-order valence-electron chi connectivity index (χ1n) is 6.77. The molecule has 1 atom stereocenters. The predicted molar refractivity (Wildman–Crippen MR) is 79.8 cm³/mol. The maximum Gasteiger partial charge on any atom is 0.252 e. The summed E-state index contributed by atoms with van der Waals surface area (Å²) in [6, 6.07) is 5.89. The summed E-state index contributed by atoms with van der Waals surface area (Å²) in [6.45, 7) is 3.74. The molecule has 1 amide bonds. The summed E-state index contributed by atoms with van der Waals surface area (Å²) in [6.07, 6.45) is 2.67. The summed E-state index contributed by atoms with van der Waals surface area (Å²) < 4.78 is 0. The Morgan fingerprint density at radius 1 is 1.50 bits per heavy atom. The van der Waals surface area contributed by atoms with Gasteiger partial charge in [-0.25, -0.2) is 4.98 Å². The third-order valence-corrected chi connectivity index (χ3v) is 4.51. The van der Waals surface area contributed by atoms with Crippen molar-refractivity contribution in [1.29, 1.82) is 0 Å². The minimum atomic E-state index is -0.0555. The first-order chi connectivity index (χ1) is 9.75. The molecule has 20 heavy (non-hydrogen) atoms. The number of fused-ring (bicyclic) bond motifs is 1. The Hall–Kier alpha value is -1.72. The second kappa shape index (κ2) is 5.73. The summed E-state index contributed by atoms with van der Waals surface area (Å²) in [7, 11) is 0. The Labute approximate surface area is 122 Å². The van der Waals surface area contributed by atoms with Crippen molar-refractivity contribution < 1.29 is 4.79 Å². The van der Waals surface area contributed by atoms with Crippen molar-refractivity contribution in [2.24, 2.45) is 0 Å². The van der Waals surface area contributed by atoms with Gasteiger partial charge in [-0.2, -0.15) is 0 Å². The molecule has 0 saturated carbocycles. The summed E-state index contributed by atoms with van der Waals surface area (Å²) >= 11 is 1.56. The van der Waals surface area contributed by atoms with E-state index in [2.05, 4.69) is 21.7 Å². The third-order valence-electron chi connectivity index (χ3n) is 3.55. The van der Waals surface area contributed by atoms with Crippen LogP contribution >= 0.6 is 11.3 Å². The lowest BCUT2D eigenvalue weighted by Crippen LogP contribution is -2.30.